The van der Waals surface area contributed by atoms with Gasteiger partial charge in [0.15, 0.2) is 6.61 Å². The molecule has 0 unspecified atom stereocenters. The van der Waals surface area contributed by atoms with Crippen LogP contribution in [0.2, 0.25) is 0 Å². The number of benzene rings is 1. The summed E-state index contributed by atoms with van der Waals surface area (Å²) in [5.41, 5.74) is 1.11. The summed E-state index contributed by atoms with van der Waals surface area (Å²) in [6, 6.07) is 7.10. The quantitative estimate of drug-likeness (QED) is 0.346. The van der Waals surface area contributed by atoms with Crippen LogP contribution in [0, 0.1) is 0 Å². The zero-order valence-corrected chi connectivity index (χ0v) is 14.0. The maximum Gasteiger partial charge on any atom is 0.394 e. The lowest BCUT2D eigenvalue weighted by Gasteiger charge is -2.17. The molecule has 1 rings (SSSR count). The molecule has 0 aromatic heterocycles. The van der Waals surface area contributed by atoms with E-state index in [1.54, 1.807) is 12.1 Å². The van der Waals surface area contributed by atoms with E-state index in [-0.39, 0.29) is 13.0 Å². The fourth-order valence-electron chi connectivity index (χ4n) is 2.03. The summed E-state index contributed by atoms with van der Waals surface area (Å²) in [5, 5.41) is 0. The molecular weight excluding hydrogens is 347 g/mol. The van der Waals surface area contributed by atoms with Crippen molar-refractivity contribution in [2.24, 2.45) is 0 Å². The van der Waals surface area contributed by atoms with Gasteiger partial charge in [-0.1, -0.05) is 26.0 Å². The molecular formula is C17H21F5O3. The van der Waals surface area contributed by atoms with Gasteiger partial charge < -0.3 is 9.47 Å². The average Bonchev–Trinajstić information content (AvgIpc) is 2.47. The number of halogens is 5. The molecule has 1 aromatic rings. The Balaban J connectivity index is 2.25. The summed E-state index contributed by atoms with van der Waals surface area (Å²) in [6.45, 7) is 3.28. The van der Waals surface area contributed by atoms with E-state index in [1.807, 2.05) is 26.0 Å². The van der Waals surface area contributed by atoms with Crippen LogP contribution in [0.5, 0.6) is 5.75 Å². The molecule has 0 spiro atoms. The second kappa shape index (κ2) is 9.01. The van der Waals surface area contributed by atoms with E-state index >= 15 is 0 Å². The monoisotopic (exact) mass is 368 g/mol. The van der Waals surface area contributed by atoms with Crippen molar-refractivity contribution in [2.45, 2.75) is 51.1 Å². The van der Waals surface area contributed by atoms with Gasteiger partial charge in [0.1, 0.15) is 12.2 Å². The van der Waals surface area contributed by atoms with Gasteiger partial charge in [0, 0.05) is 6.42 Å². The zero-order chi connectivity index (χ0) is 19.1. The molecule has 3 nitrogen and oxygen atoms in total. The fraction of sp³-hybridized carbons (Fsp3) is 0.588. The largest absolute Gasteiger partial charge is 0.482 e. The van der Waals surface area contributed by atoms with E-state index in [9.17, 15) is 26.7 Å². The van der Waals surface area contributed by atoms with Gasteiger partial charge in [0.2, 0.25) is 0 Å². The van der Waals surface area contributed by atoms with Crippen molar-refractivity contribution in [2.75, 3.05) is 13.2 Å². The molecule has 25 heavy (non-hydrogen) atoms. The third-order valence-corrected chi connectivity index (χ3v) is 3.31. The summed E-state index contributed by atoms with van der Waals surface area (Å²) in [7, 11) is 0. The highest BCUT2D eigenvalue weighted by molar-refractivity contribution is 5.71. The Bertz CT molecular complexity index is 538. The van der Waals surface area contributed by atoms with E-state index < -0.39 is 37.5 Å². The average molecular weight is 368 g/mol. The van der Waals surface area contributed by atoms with Crippen molar-refractivity contribution in [3.8, 4) is 5.75 Å². The molecule has 0 aliphatic carbocycles. The molecule has 142 valence electrons. The second-order valence-corrected chi connectivity index (χ2v) is 5.98. The SMILES string of the molecule is CC(C)c1ccc(OCC(=O)OCCCC(F)(F)CC(F)(F)F)cc1. The highest BCUT2D eigenvalue weighted by Crippen LogP contribution is 2.34. The van der Waals surface area contributed by atoms with Gasteiger partial charge in [-0.3, -0.25) is 0 Å². The molecule has 1 aromatic carbocycles. The van der Waals surface area contributed by atoms with E-state index in [2.05, 4.69) is 4.74 Å². The summed E-state index contributed by atoms with van der Waals surface area (Å²) in [5.74, 6) is -3.82. The van der Waals surface area contributed by atoms with Crippen LogP contribution in [0.1, 0.15) is 44.6 Å². The van der Waals surface area contributed by atoms with Crippen molar-refractivity contribution in [3.05, 3.63) is 29.8 Å². The first-order valence-electron chi connectivity index (χ1n) is 7.81. The molecule has 0 saturated heterocycles. The summed E-state index contributed by atoms with van der Waals surface area (Å²) in [6.07, 6.45) is -8.47. The molecule has 0 radical (unpaired) electrons. The summed E-state index contributed by atoms with van der Waals surface area (Å²) in [4.78, 5) is 11.4. The lowest BCUT2D eigenvalue weighted by atomic mass is 10.0. The Morgan fingerprint density at radius 2 is 1.68 bits per heavy atom. The number of esters is 1. The Kier molecular flexibility index (Phi) is 7.63. The van der Waals surface area contributed by atoms with Crippen LogP contribution in [0.25, 0.3) is 0 Å². The van der Waals surface area contributed by atoms with E-state index in [1.165, 1.54) is 0 Å². The minimum Gasteiger partial charge on any atom is -0.482 e. The van der Waals surface area contributed by atoms with Gasteiger partial charge in [0.25, 0.3) is 5.92 Å². The van der Waals surface area contributed by atoms with E-state index in [0.29, 0.717) is 11.7 Å². The molecule has 0 fully saturated rings. The van der Waals surface area contributed by atoms with Crippen LogP contribution in [-0.4, -0.2) is 31.3 Å². The lowest BCUT2D eigenvalue weighted by Crippen LogP contribution is -2.26. The fourth-order valence-corrected chi connectivity index (χ4v) is 2.03. The summed E-state index contributed by atoms with van der Waals surface area (Å²) >= 11 is 0. The zero-order valence-electron chi connectivity index (χ0n) is 14.0. The number of alkyl halides is 5. The van der Waals surface area contributed by atoms with Crippen molar-refractivity contribution in [3.63, 3.8) is 0 Å². The predicted molar refractivity (Wildman–Crippen MR) is 81.8 cm³/mol. The third kappa shape index (κ3) is 9.26. The maximum atomic E-state index is 13.0. The van der Waals surface area contributed by atoms with Crippen molar-refractivity contribution in [1.29, 1.82) is 0 Å². The smallest absolute Gasteiger partial charge is 0.394 e. The minimum atomic E-state index is -4.93. The number of hydrogen-bond acceptors (Lipinski definition) is 3. The van der Waals surface area contributed by atoms with E-state index in [4.69, 9.17) is 4.74 Å². The number of hydrogen-bond donors (Lipinski definition) is 0. The Hall–Kier alpha value is -1.86. The number of carbonyl (C=O) groups excluding carboxylic acids is 1. The molecule has 0 atom stereocenters. The molecule has 8 heteroatoms. The van der Waals surface area contributed by atoms with Crippen molar-refractivity contribution in [1.82, 2.24) is 0 Å². The normalized spacial score (nSPS) is 12.3. The van der Waals surface area contributed by atoms with Crippen LogP contribution in [0.4, 0.5) is 22.0 Å². The first-order chi connectivity index (χ1) is 11.5. The standard InChI is InChI=1S/C17H21F5O3/c1-12(2)13-4-6-14(7-5-13)25-10-15(23)24-9-3-8-16(18,19)11-17(20,21)22/h4-7,12H,3,8-11H2,1-2H3. The Morgan fingerprint density at radius 1 is 1.08 bits per heavy atom. The van der Waals surface area contributed by atoms with Gasteiger partial charge in [-0.2, -0.15) is 13.2 Å². The van der Waals surface area contributed by atoms with Crippen molar-refractivity contribution < 1.29 is 36.2 Å². The molecule has 0 N–H and O–H groups in total. The van der Waals surface area contributed by atoms with Crippen LogP contribution < -0.4 is 4.74 Å². The number of ether oxygens (including phenoxy) is 2. The summed E-state index contributed by atoms with van der Waals surface area (Å²) < 4.78 is 71.7. The van der Waals surface area contributed by atoms with Gasteiger partial charge in [-0.05, 0) is 30.0 Å². The highest BCUT2D eigenvalue weighted by atomic mass is 19.4. The third-order valence-electron chi connectivity index (χ3n) is 3.31. The van der Waals surface area contributed by atoms with Gasteiger partial charge in [-0.25, -0.2) is 13.6 Å². The number of carbonyl (C=O) groups is 1. The van der Waals surface area contributed by atoms with Crippen LogP contribution >= 0.6 is 0 Å². The molecule has 0 aliphatic heterocycles. The first kappa shape index (κ1) is 21.2. The van der Waals surface area contributed by atoms with Gasteiger partial charge >= 0.3 is 12.1 Å². The second-order valence-electron chi connectivity index (χ2n) is 5.98. The van der Waals surface area contributed by atoms with Crippen LogP contribution in [0.3, 0.4) is 0 Å². The number of rotatable bonds is 9. The maximum absolute atomic E-state index is 13.0. The topological polar surface area (TPSA) is 35.5 Å². The van der Waals surface area contributed by atoms with E-state index in [0.717, 1.165) is 5.56 Å². The molecule has 0 aliphatic rings. The predicted octanol–water partition coefficient (Wildman–Crippen LogP) is 5.10. The van der Waals surface area contributed by atoms with Crippen LogP contribution in [0.15, 0.2) is 24.3 Å². The molecule has 0 bridgehead atoms. The Labute approximate surface area is 143 Å². The molecule has 0 amide bonds. The highest BCUT2D eigenvalue weighted by Gasteiger charge is 2.42. The van der Waals surface area contributed by atoms with Crippen LogP contribution in [-0.2, 0) is 9.53 Å². The Morgan fingerprint density at radius 3 is 2.20 bits per heavy atom. The van der Waals surface area contributed by atoms with Crippen molar-refractivity contribution >= 4 is 5.97 Å². The van der Waals surface area contributed by atoms with Gasteiger partial charge in [-0.15, -0.1) is 0 Å². The first-order valence-corrected chi connectivity index (χ1v) is 7.81. The minimum absolute atomic E-state index is 0.356. The molecule has 0 heterocycles. The van der Waals surface area contributed by atoms with Gasteiger partial charge in [0.05, 0.1) is 6.61 Å². The molecule has 0 saturated carbocycles. The lowest BCUT2D eigenvalue weighted by molar-refractivity contribution is -0.190.